The predicted octanol–water partition coefficient (Wildman–Crippen LogP) is 2.23. The summed E-state index contributed by atoms with van der Waals surface area (Å²) in [6.07, 6.45) is 2.57. The van der Waals surface area contributed by atoms with Crippen molar-refractivity contribution in [3.05, 3.63) is 0 Å². The molecule has 0 aromatic heterocycles. The summed E-state index contributed by atoms with van der Waals surface area (Å²) in [6, 6.07) is 0.710. The first kappa shape index (κ1) is 8.41. The molecule has 1 N–H and O–H groups in total. The Morgan fingerprint density at radius 2 is 2.40 bits per heavy atom. The van der Waals surface area contributed by atoms with Gasteiger partial charge in [-0.25, -0.2) is 0 Å². The maximum Gasteiger partial charge on any atom is 0.0619 e. The Hall–Kier alpha value is 0.310. The van der Waals surface area contributed by atoms with Gasteiger partial charge in [-0.2, -0.15) is 0 Å². The molecule has 2 unspecified atom stereocenters. The largest absolute Gasteiger partial charge is 0.300 e. The van der Waals surface area contributed by atoms with Crippen LogP contribution in [-0.2, 0) is 0 Å². The van der Waals surface area contributed by atoms with Crippen LogP contribution in [0.2, 0.25) is 0 Å². The Balaban J connectivity index is 2.38. The molecule has 2 atom stereocenters. The lowest BCUT2D eigenvalue weighted by Gasteiger charge is -2.23. The van der Waals surface area contributed by atoms with Gasteiger partial charge < -0.3 is 0 Å². The van der Waals surface area contributed by atoms with E-state index in [0.29, 0.717) is 10.9 Å². The molecule has 10 heavy (non-hydrogen) atoms. The van der Waals surface area contributed by atoms with Gasteiger partial charge >= 0.3 is 0 Å². The van der Waals surface area contributed by atoms with E-state index in [4.69, 9.17) is 0 Å². The fourth-order valence-corrected chi connectivity index (χ4v) is 2.87. The van der Waals surface area contributed by atoms with Crippen molar-refractivity contribution >= 4 is 11.8 Å². The van der Waals surface area contributed by atoms with Crippen LogP contribution in [-0.4, -0.2) is 16.7 Å². The zero-order valence-electron chi connectivity index (χ0n) is 7.11. The van der Waals surface area contributed by atoms with Crippen LogP contribution in [0.1, 0.15) is 33.6 Å². The first-order valence-electron chi connectivity index (χ1n) is 4.08. The molecule has 0 bridgehead atoms. The summed E-state index contributed by atoms with van der Waals surface area (Å²) >= 11 is 2.07. The number of thioether (sulfide) groups is 1. The van der Waals surface area contributed by atoms with Crippen molar-refractivity contribution in [2.24, 2.45) is 0 Å². The van der Waals surface area contributed by atoms with E-state index in [1.807, 2.05) is 0 Å². The molecule has 0 aromatic carbocycles. The molecule has 1 nitrogen and oxygen atoms in total. The molecule has 1 heterocycles. The predicted molar refractivity (Wildman–Crippen MR) is 48.4 cm³/mol. The van der Waals surface area contributed by atoms with E-state index in [1.54, 1.807) is 0 Å². The molecule has 0 spiro atoms. The van der Waals surface area contributed by atoms with Crippen LogP contribution < -0.4 is 5.32 Å². The number of hydrogen-bond acceptors (Lipinski definition) is 2. The summed E-state index contributed by atoms with van der Waals surface area (Å²) in [4.78, 5) is 0.383. The Bertz CT molecular complexity index is 112. The molecular weight excluding hydrogens is 142 g/mol. The van der Waals surface area contributed by atoms with Gasteiger partial charge in [-0.15, -0.1) is 11.8 Å². The third-order valence-corrected chi connectivity index (χ3v) is 3.56. The van der Waals surface area contributed by atoms with Crippen LogP contribution in [0.15, 0.2) is 0 Å². The van der Waals surface area contributed by atoms with Gasteiger partial charge in [0, 0.05) is 11.8 Å². The zero-order valence-corrected chi connectivity index (χ0v) is 7.92. The summed E-state index contributed by atoms with van der Waals surface area (Å²) in [7, 11) is 0. The monoisotopic (exact) mass is 159 g/mol. The molecule has 60 valence electrons. The van der Waals surface area contributed by atoms with Crippen LogP contribution in [0.3, 0.4) is 0 Å². The zero-order chi connectivity index (χ0) is 7.61. The summed E-state index contributed by atoms with van der Waals surface area (Å²) < 4.78 is 0. The SMILES string of the molecule is CCCC1(C)NC(C)CS1. The Kier molecular flexibility index (Phi) is 2.64. The normalized spacial score (nSPS) is 40.5. The Morgan fingerprint density at radius 1 is 1.70 bits per heavy atom. The molecule has 1 aliphatic rings. The van der Waals surface area contributed by atoms with Gasteiger partial charge in [-0.3, -0.25) is 5.32 Å². The first-order chi connectivity index (χ1) is 4.66. The van der Waals surface area contributed by atoms with Gasteiger partial charge in [-0.1, -0.05) is 13.3 Å². The first-order valence-corrected chi connectivity index (χ1v) is 5.06. The number of rotatable bonds is 2. The molecule has 0 amide bonds. The van der Waals surface area contributed by atoms with Crippen molar-refractivity contribution in [3.63, 3.8) is 0 Å². The minimum atomic E-state index is 0.383. The topological polar surface area (TPSA) is 12.0 Å². The van der Waals surface area contributed by atoms with Crippen molar-refractivity contribution in [1.29, 1.82) is 0 Å². The average molecular weight is 159 g/mol. The Labute approximate surface area is 68.0 Å². The van der Waals surface area contributed by atoms with E-state index in [1.165, 1.54) is 18.6 Å². The van der Waals surface area contributed by atoms with Gasteiger partial charge in [-0.05, 0) is 20.3 Å². The van der Waals surface area contributed by atoms with E-state index < -0.39 is 0 Å². The second-order valence-electron chi connectivity index (χ2n) is 3.34. The van der Waals surface area contributed by atoms with Gasteiger partial charge in [0.1, 0.15) is 0 Å². The molecule has 1 saturated heterocycles. The van der Waals surface area contributed by atoms with E-state index in [9.17, 15) is 0 Å². The lowest BCUT2D eigenvalue weighted by atomic mass is 10.2. The molecule has 1 fully saturated rings. The molecular formula is C8H17NS. The van der Waals surface area contributed by atoms with E-state index >= 15 is 0 Å². The third kappa shape index (κ3) is 1.89. The van der Waals surface area contributed by atoms with Crippen molar-refractivity contribution in [1.82, 2.24) is 5.32 Å². The summed E-state index contributed by atoms with van der Waals surface area (Å²) in [5, 5.41) is 3.59. The van der Waals surface area contributed by atoms with Gasteiger partial charge in [0.2, 0.25) is 0 Å². The highest BCUT2D eigenvalue weighted by Crippen LogP contribution is 2.33. The number of nitrogens with one attached hydrogen (secondary N) is 1. The van der Waals surface area contributed by atoms with Gasteiger partial charge in [0.25, 0.3) is 0 Å². The smallest absolute Gasteiger partial charge is 0.0619 e. The van der Waals surface area contributed by atoms with Gasteiger partial charge in [0.15, 0.2) is 0 Å². The standard InChI is InChI=1S/C8H17NS/c1-4-5-8(3)9-7(2)6-10-8/h7,9H,4-6H2,1-3H3. The number of hydrogen-bond donors (Lipinski definition) is 1. The van der Waals surface area contributed by atoms with Crippen molar-refractivity contribution in [2.75, 3.05) is 5.75 Å². The second-order valence-corrected chi connectivity index (χ2v) is 4.86. The van der Waals surface area contributed by atoms with Crippen molar-refractivity contribution in [3.8, 4) is 0 Å². The summed E-state index contributed by atoms with van der Waals surface area (Å²) in [6.45, 7) is 6.81. The molecule has 1 aliphatic heterocycles. The average Bonchev–Trinajstić information content (AvgIpc) is 2.12. The maximum absolute atomic E-state index is 3.59. The Morgan fingerprint density at radius 3 is 2.80 bits per heavy atom. The minimum absolute atomic E-state index is 0.383. The lowest BCUT2D eigenvalue weighted by Crippen LogP contribution is -2.37. The van der Waals surface area contributed by atoms with Crippen molar-refractivity contribution in [2.45, 2.75) is 44.5 Å². The molecule has 0 saturated carbocycles. The third-order valence-electron chi connectivity index (χ3n) is 1.93. The second kappa shape index (κ2) is 3.14. The van der Waals surface area contributed by atoms with Crippen LogP contribution >= 0.6 is 11.8 Å². The molecule has 1 rings (SSSR count). The molecule has 0 radical (unpaired) electrons. The molecule has 0 aliphatic carbocycles. The van der Waals surface area contributed by atoms with Crippen LogP contribution in [0.25, 0.3) is 0 Å². The van der Waals surface area contributed by atoms with Crippen LogP contribution in [0.5, 0.6) is 0 Å². The quantitative estimate of drug-likeness (QED) is 0.663. The van der Waals surface area contributed by atoms with E-state index in [-0.39, 0.29) is 0 Å². The summed E-state index contributed by atoms with van der Waals surface area (Å²) in [5.41, 5.74) is 0. The highest BCUT2D eigenvalue weighted by molar-refractivity contribution is 8.00. The van der Waals surface area contributed by atoms with E-state index in [0.717, 1.165) is 0 Å². The fourth-order valence-electron chi connectivity index (χ4n) is 1.53. The van der Waals surface area contributed by atoms with Crippen LogP contribution in [0.4, 0.5) is 0 Å². The lowest BCUT2D eigenvalue weighted by molar-refractivity contribution is 0.452. The summed E-state index contributed by atoms with van der Waals surface area (Å²) in [5.74, 6) is 1.27. The highest BCUT2D eigenvalue weighted by Gasteiger charge is 2.31. The van der Waals surface area contributed by atoms with E-state index in [2.05, 4.69) is 37.8 Å². The maximum atomic E-state index is 3.59. The molecule has 2 heteroatoms. The van der Waals surface area contributed by atoms with Gasteiger partial charge in [0.05, 0.1) is 4.87 Å². The highest BCUT2D eigenvalue weighted by atomic mass is 32.2. The molecule has 0 aromatic rings. The minimum Gasteiger partial charge on any atom is -0.300 e. The van der Waals surface area contributed by atoms with Crippen LogP contribution in [0, 0.1) is 0 Å². The fraction of sp³-hybridized carbons (Fsp3) is 1.00. The van der Waals surface area contributed by atoms with Crippen molar-refractivity contribution < 1.29 is 0 Å².